The van der Waals surface area contributed by atoms with Gasteiger partial charge in [-0.25, -0.2) is 0 Å². The summed E-state index contributed by atoms with van der Waals surface area (Å²) >= 11 is 0. The molecular formula is C16H22O4. The first-order valence-corrected chi connectivity index (χ1v) is 7.16. The van der Waals surface area contributed by atoms with Crippen LogP contribution >= 0.6 is 0 Å². The summed E-state index contributed by atoms with van der Waals surface area (Å²) in [5.41, 5.74) is 1.17. The minimum Gasteiger partial charge on any atom is -0.491 e. The van der Waals surface area contributed by atoms with Crippen LogP contribution in [0.2, 0.25) is 0 Å². The van der Waals surface area contributed by atoms with E-state index >= 15 is 0 Å². The normalized spacial score (nSPS) is 24.4. The molecule has 2 aliphatic rings. The molecule has 4 heteroatoms. The highest BCUT2D eigenvalue weighted by molar-refractivity contribution is 5.44. The van der Waals surface area contributed by atoms with E-state index in [9.17, 15) is 0 Å². The summed E-state index contributed by atoms with van der Waals surface area (Å²) in [4.78, 5) is 0. The number of benzene rings is 1. The van der Waals surface area contributed by atoms with E-state index in [1.165, 1.54) is 0 Å². The molecule has 2 unspecified atom stereocenters. The van der Waals surface area contributed by atoms with Crippen LogP contribution in [0.25, 0.3) is 0 Å². The Hall–Kier alpha value is -1.26. The molecule has 1 aromatic rings. The summed E-state index contributed by atoms with van der Waals surface area (Å²) in [7, 11) is 0. The third kappa shape index (κ3) is 3.64. The SMILES string of the molecule is CC(C)(C)c1cc(OCC2CO2)ccc1OCC1CO1. The minimum absolute atomic E-state index is 0.00912. The molecule has 2 heterocycles. The maximum absolute atomic E-state index is 5.88. The Balaban J connectivity index is 1.72. The molecule has 1 aromatic carbocycles. The summed E-state index contributed by atoms with van der Waals surface area (Å²) < 4.78 is 22.0. The Morgan fingerprint density at radius 1 is 1.05 bits per heavy atom. The van der Waals surface area contributed by atoms with Crippen molar-refractivity contribution in [1.29, 1.82) is 0 Å². The number of epoxide rings is 2. The van der Waals surface area contributed by atoms with E-state index in [0.29, 0.717) is 13.2 Å². The van der Waals surface area contributed by atoms with Crippen molar-refractivity contribution in [2.45, 2.75) is 38.4 Å². The first kappa shape index (κ1) is 13.7. The number of hydrogen-bond donors (Lipinski definition) is 0. The lowest BCUT2D eigenvalue weighted by molar-refractivity contribution is 0.253. The van der Waals surface area contributed by atoms with Gasteiger partial charge in [0.25, 0.3) is 0 Å². The van der Waals surface area contributed by atoms with Crippen LogP contribution in [0.1, 0.15) is 26.3 Å². The molecule has 0 aliphatic carbocycles. The van der Waals surface area contributed by atoms with Gasteiger partial charge in [-0.15, -0.1) is 0 Å². The van der Waals surface area contributed by atoms with Crippen molar-refractivity contribution in [2.75, 3.05) is 26.4 Å². The Morgan fingerprint density at radius 2 is 1.65 bits per heavy atom. The first-order valence-electron chi connectivity index (χ1n) is 7.16. The summed E-state index contributed by atoms with van der Waals surface area (Å²) in [5.74, 6) is 1.79. The Bertz CT molecular complexity index is 470. The number of ether oxygens (including phenoxy) is 4. The molecule has 2 atom stereocenters. The highest BCUT2D eigenvalue weighted by Crippen LogP contribution is 2.35. The van der Waals surface area contributed by atoms with Crippen molar-refractivity contribution < 1.29 is 18.9 Å². The van der Waals surface area contributed by atoms with Gasteiger partial charge >= 0.3 is 0 Å². The molecule has 110 valence electrons. The average Bonchev–Trinajstić information content (AvgIpc) is 3.26. The maximum Gasteiger partial charge on any atom is 0.123 e. The molecule has 4 nitrogen and oxygen atoms in total. The van der Waals surface area contributed by atoms with E-state index in [-0.39, 0.29) is 17.6 Å². The highest BCUT2D eigenvalue weighted by atomic mass is 16.6. The fourth-order valence-corrected chi connectivity index (χ4v) is 2.01. The van der Waals surface area contributed by atoms with Crippen LogP contribution < -0.4 is 9.47 Å². The monoisotopic (exact) mass is 278 g/mol. The molecule has 3 rings (SSSR count). The van der Waals surface area contributed by atoms with Gasteiger partial charge in [-0.05, 0) is 23.6 Å². The van der Waals surface area contributed by atoms with Crippen LogP contribution in [-0.2, 0) is 14.9 Å². The summed E-state index contributed by atoms with van der Waals surface area (Å²) in [6.45, 7) is 9.41. The van der Waals surface area contributed by atoms with Gasteiger partial charge < -0.3 is 18.9 Å². The summed E-state index contributed by atoms with van der Waals surface area (Å²) in [6, 6.07) is 6.03. The summed E-state index contributed by atoms with van der Waals surface area (Å²) in [6.07, 6.45) is 0.543. The van der Waals surface area contributed by atoms with E-state index in [4.69, 9.17) is 18.9 Å². The topological polar surface area (TPSA) is 43.5 Å². The number of hydrogen-bond acceptors (Lipinski definition) is 4. The highest BCUT2D eigenvalue weighted by Gasteiger charge is 2.26. The average molecular weight is 278 g/mol. The molecule has 0 spiro atoms. The van der Waals surface area contributed by atoms with Gasteiger partial charge in [0.15, 0.2) is 0 Å². The van der Waals surface area contributed by atoms with Gasteiger partial charge in [-0.2, -0.15) is 0 Å². The molecular weight excluding hydrogens is 256 g/mol. The van der Waals surface area contributed by atoms with Crippen molar-refractivity contribution in [1.82, 2.24) is 0 Å². The van der Waals surface area contributed by atoms with E-state index in [1.807, 2.05) is 12.1 Å². The van der Waals surface area contributed by atoms with Crippen molar-refractivity contribution >= 4 is 0 Å². The van der Waals surface area contributed by atoms with E-state index in [2.05, 4.69) is 26.8 Å². The molecule has 0 radical (unpaired) electrons. The standard InChI is InChI=1S/C16H22O4/c1-16(2,3)14-6-11(17-7-12-8-18-12)4-5-15(14)20-10-13-9-19-13/h4-6,12-13H,7-10H2,1-3H3. The van der Waals surface area contributed by atoms with Gasteiger partial charge in [0.1, 0.15) is 36.9 Å². The van der Waals surface area contributed by atoms with Crippen LogP contribution in [0.5, 0.6) is 11.5 Å². The number of rotatable bonds is 6. The molecule has 0 amide bonds. The van der Waals surface area contributed by atoms with Gasteiger partial charge in [-0.1, -0.05) is 20.8 Å². The molecule has 2 fully saturated rings. The lowest BCUT2D eigenvalue weighted by Gasteiger charge is -2.23. The van der Waals surface area contributed by atoms with Crippen LogP contribution in [0.4, 0.5) is 0 Å². The quantitative estimate of drug-likeness (QED) is 0.750. The largest absolute Gasteiger partial charge is 0.491 e. The molecule has 0 N–H and O–H groups in total. The fourth-order valence-electron chi connectivity index (χ4n) is 2.01. The fraction of sp³-hybridized carbons (Fsp3) is 0.625. The van der Waals surface area contributed by atoms with E-state index < -0.39 is 0 Å². The molecule has 20 heavy (non-hydrogen) atoms. The zero-order valence-electron chi connectivity index (χ0n) is 12.3. The second-order valence-corrected chi connectivity index (χ2v) is 6.44. The van der Waals surface area contributed by atoms with Gasteiger partial charge in [0.2, 0.25) is 0 Å². The van der Waals surface area contributed by atoms with Crippen molar-refractivity contribution in [3.05, 3.63) is 23.8 Å². The smallest absolute Gasteiger partial charge is 0.123 e. The van der Waals surface area contributed by atoms with Crippen molar-refractivity contribution in [2.24, 2.45) is 0 Å². The summed E-state index contributed by atoms with van der Waals surface area (Å²) in [5, 5.41) is 0. The third-order valence-corrected chi connectivity index (χ3v) is 3.42. The maximum atomic E-state index is 5.88. The second kappa shape index (κ2) is 5.26. The second-order valence-electron chi connectivity index (χ2n) is 6.44. The molecule has 0 aromatic heterocycles. The molecule has 0 bridgehead atoms. The molecule has 2 saturated heterocycles. The molecule has 2 aliphatic heterocycles. The first-order chi connectivity index (χ1) is 9.52. The zero-order valence-corrected chi connectivity index (χ0v) is 12.3. The van der Waals surface area contributed by atoms with Gasteiger partial charge in [0.05, 0.1) is 13.2 Å². The van der Waals surface area contributed by atoms with Crippen LogP contribution in [0.3, 0.4) is 0 Å². The van der Waals surface area contributed by atoms with Crippen molar-refractivity contribution in [3.8, 4) is 11.5 Å². The lowest BCUT2D eigenvalue weighted by Crippen LogP contribution is -2.15. The van der Waals surface area contributed by atoms with Crippen LogP contribution in [0, 0.1) is 0 Å². The van der Waals surface area contributed by atoms with E-state index in [1.54, 1.807) is 0 Å². The zero-order chi connectivity index (χ0) is 14.2. The van der Waals surface area contributed by atoms with Crippen LogP contribution in [0.15, 0.2) is 18.2 Å². The van der Waals surface area contributed by atoms with Crippen LogP contribution in [-0.4, -0.2) is 38.6 Å². The lowest BCUT2D eigenvalue weighted by atomic mass is 9.86. The molecule has 0 saturated carbocycles. The van der Waals surface area contributed by atoms with Gasteiger partial charge in [0, 0.05) is 5.56 Å². The van der Waals surface area contributed by atoms with E-state index in [0.717, 1.165) is 30.3 Å². The minimum atomic E-state index is 0.00912. The van der Waals surface area contributed by atoms with Crippen molar-refractivity contribution in [3.63, 3.8) is 0 Å². The predicted octanol–water partition coefficient (Wildman–Crippen LogP) is 2.54. The van der Waals surface area contributed by atoms with Gasteiger partial charge in [-0.3, -0.25) is 0 Å². The Kier molecular flexibility index (Phi) is 3.61. The third-order valence-electron chi connectivity index (χ3n) is 3.42. The predicted molar refractivity (Wildman–Crippen MR) is 75.6 cm³/mol. The Labute approximate surface area is 120 Å². The Morgan fingerprint density at radius 3 is 2.20 bits per heavy atom.